The van der Waals surface area contributed by atoms with E-state index in [-0.39, 0.29) is 5.69 Å². The molecule has 1 aliphatic rings. The number of nitrogen functional groups attached to an aromatic ring is 1. The fraction of sp³-hybridized carbons (Fsp3) is 0.538. The molecule has 2 N–H and O–H groups in total. The maximum Gasteiger partial charge on any atom is 0.271 e. The summed E-state index contributed by atoms with van der Waals surface area (Å²) >= 11 is 0. The van der Waals surface area contributed by atoms with Crippen molar-refractivity contribution in [1.82, 2.24) is 0 Å². The van der Waals surface area contributed by atoms with Crippen LogP contribution >= 0.6 is 0 Å². The van der Waals surface area contributed by atoms with Crippen molar-refractivity contribution in [3.05, 3.63) is 33.9 Å². The monoisotopic (exact) mass is 238 g/mol. The van der Waals surface area contributed by atoms with Gasteiger partial charge in [-0.1, -0.05) is 27.7 Å². The van der Waals surface area contributed by atoms with Gasteiger partial charge in [0.05, 0.1) is 4.92 Å². The highest BCUT2D eigenvalue weighted by Gasteiger charge is 2.25. The highest BCUT2D eigenvalue weighted by Crippen LogP contribution is 2.41. The van der Waals surface area contributed by atoms with Crippen LogP contribution in [0.3, 0.4) is 0 Å². The van der Waals surface area contributed by atoms with E-state index in [0.717, 1.165) is 18.4 Å². The smallest absolute Gasteiger partial charge is 0.271 e. The van der Waals surface area contributed by atoms with Crippen LogP contribution in [0.1, 0.15) is 52.0 Å². The highest BCUT2D eigenvalue weighted by molar-refractivity contribution is 5.52. The van der Waals surface area contributed by atoms with Gasteiger partial charge in [-0.05, 0) is 30.4 Å². The summed E-state index contributed by atoms with van der Waals surface area (Å²) in [6, 6.07) is 4.84. The van der Waals surface area contributed by atoms with Gasteiger partial charge in [0.2, 0.25) is 0 Å². The number of benzene rings is 1. The lowest BCUT2D eigenvalue weighted by atomic mass is 10.1. The van der Waals surface area contributed by atoms with Crippen LogP contribution in [0.5, 0.6) is 0 Å². The van der Waals surface area contributed by atoms with Gasteiger partial charge in [-0.15, -0.1) is 0 Å². The van der Waals surface area contributed by atoms with Gasteiger partial charge in [0.25, 0.3) is 5.69 Å². The summed E-state index contributed by atoms with van der Waals surface area (Å²) in [7, 11) is 0. The Balaban J connectivity index is 0.000000581. The van der Waals surface area contributed by atoms with Gasteiger partial charge in [-0.25, -0.2) is 0 Å². The van der Waals surface area contributed by atoms with Crippen LogP contribution in [-0.2, 0) is 0 Å². The summed E-state index contributed by atoms with van der Waals surface area (Å²) in [4.78, 5) is 10.1. The zero-order valence-corrected chi connectivity index (χ0v) is 11.1. The number of nitrogens with zero attached hydrogens (tertiary/aromatic N) is 1. The minimum absolute atomic E-state index is 0.0990. The molecule has 1 saturated carbocycles. The third-order valence-corrected chi connectivity index (χ3v) is 2.22. The lowest BCUT2D eigenvalue weighted by molar-refractivity contribution is -0.384. The maximum absolute atomic E-state index is 10.5. The molecule has 0 unspecified atom stereocenters. The number of anilines is 1. The molecule has 96 valence electrons. The van der Waals surface area contributed by atoms with Gasteiger partial charge >= 0.3 is 0 Å². The first-order valence-electron chi connectivity index (χ1n) is 6.21. The molecular weight excluding hydrogens is 216 g/mol. The second kappa shape index (κ2) is 7.65. The largest absolute Gasteiger partial charge is 0.399 e. The van der Waals surface area contributed by atoms with Gasteiger partial charge in [0.1, 0.15) is 0 Å². The molecule has 0 aliphatic heterocycles. The number of nitro benzene ring substituents is 1. The Morgan fingerprint density at radius 3 is 2.12 bits per heavy atom. The third kappa shape index (κ3) is 4.85. The average Bonchev–Trinajstić information content (AvgIpc) is 3.17. The Morgan fingerprint density at radius 1 is 1.18 bits per heavy atom. The zero-order chi connectivity index (χ0) is 13.4. The summed E-state index contributed by atoms with van der Waals surface area (Å²) in [5, 5.41) is 10.5. The molecule has 4 nitrogen and oxygen atoms in total. The van der Waals surface area contributed by atoms with Crippen molar-refractivity contribution in [3.63, 3.8) is 0 Å². The Hall–Kier alpha value is -1.58. The normalized spacial score (nSPS) is 12.7. The molecule has 0 aromatic heterocycles. The number of nitro groups is 1. The second-order valence-corrected chi connectivity index (χ2v) is 3.39. The maximum atomic E-state index is 10.5. The summed E-state index contributed by atoms with van der Waals surface area (Å²) in [6.45, 7) is 8.00. The van der Waals surface area contributed by atoms with E-state index in [0.29, 0.717) is 11.6 Å². The number of hydrogen-bond acceptors (Lipinski definition) is 3. The van der Waals surface area contributed by atoms with E-state index in [9.17, 15) is 10.1 Å². The molecule has 1 aliphatic carbocycles. The van der Waals surface area contributed by atoms with Crippen molar-refractivity contribution in [2.45, 2.75) is 46.5 Å². The molecule has 1 fully saturated rings. The van der Waals surface area contributed by atoms with Crippen LogP contribution in [0.25, 0.3) is 0 Å². The molecule has 2 rings (SSSR count). The van der Waals surface area contributed by atoms with Crippen LogP contribution in [0, 0.1) is 10.1 Å². The van der Waals surface area contributed by atoms with Crippen molar-refractivity contribution in [2.75, 3.05) is 5.73 Å². The Bertz CT molecular complexity index is 360. The Kier molecular flexibility index (Phi) is 6.94. The van der Waals surface area contributed by atoms with Crippen LogP contribution < -0.4 is 5.73 Å². The topological polar surface area (TPSA) is 69.2 Å². The fourth-order valence-electron chi connectivity index (χ4n) is 1.42. The van der Waals surface area contributed by atoms with Crippen molar-refractivity contribution >= 4 is 11.4 Å². The second-order valence-electron chi connectivity index (χ2n) is 3.39. The number of hydrogen-bond donors (Lipinski definition) is 1. The quantitative estimate of drug-likeness (QED) is 0.479. The molecule has 0 bridgehead atoms. The van der Waals surface area contributed by atoms with Crippen molar-refractivity contribution in [3.8, 4) is 0 Å². The summed E-state index contributed by atoms with van der Waals surface area (Å²) in [5.74, 6) is 0.502. The van der Waals surface area contributed by atoms with E-state index < -0.39 is 4.92 Å². The van der Waals surface area contributed by atoms with Gasteiger partial charge in [0.15, 0.2) is 0 Å². The Morgan fingerprint density at radius 2 is 1.71 bits per heavy atom. The minimum atomic E-state index is -0.401. The molecule has 0 radical (unpaired) electrons. The molecule has 4 heteroatoms. The lowest BCUT2D eigenvalue weighted by Crippen LogP contribution is -1.93. The molecule has 0 saturated heterocycles. The number of non-ortho nitro benzene ring substituents is 1. The van der Waals surface area contributed by atoms with E-state index in [2.05, 4.69) is 0 Å². The molecule has 0 atom stereocenters. The molecule has 1 aromatic carbocycles. The van der Waals surface area contributed by atoms with E-state index in [1.165, 1.54) is 6.07 Å². The van der Waals surface area contributed by atoms with Crippen molar-refractivity contribution in [1.29, 1.82) is 0 Å². The predicted molar refractivity (Wildman–Crippen MR) is 72.2 cm³/mol. The predicted octanol–water partition coefficient (Wildman–Crippen LogP) is 4.11. The van der Waals surface area contributed by atoms with E-state index in [1.807, 2.05) is 33.8 Å². The molecule has 1 aromatic rings. The van der Waals surface area contributed by atoms with Gasteiger partial charge in [-0.3, -0.25) is 10.1 Å². The van der Waals surface area contributed by atoms with E-state index >= 15 is 0 Å². The Labute approximate surface area is 103 Å². The van der Waals surface area contributed by atoms with Crippen molar-refractivity contribution in [2.24, 2.45) is 0 Å². The van der Waals surface area contributed by atoms with Crippen molar-refractivity contribution < 1.29 is 4.92 Å². The fourth-order valence-corrected chi connectivity index (χ4v) is 1.42. The molecular formula is C13H22N2O2. The summed E-state index contributed by atoms with van der Waals surface area (Å²) in [6.07, 6.45) is 2.25. The minimum Gasteiger partial charge on any atom is -0.399 e. The average molecular weight is 238 g/mol. The van der Waals surface area contributed by atoms with Crippen LogP contribution in [0.4, 0.5) is 11.4 Å². The third-order valence-electron chi connectivity index (χ3n) is 2.22. The molecule has 0 amide bonds. The lowest BCUT2D eigenvalue weighted by Gasteiger charge is -2.00. The molecule has 17 heavy (non-hydrogen) atoms. The van der Waals surface area contributed by atoms with Gasteiger partial charge in [-0.2, -0.15) is 0 Å². The van der Waals surface area contributed by atoms with Crippen LogP contribution in [0.15, 0.2) is 18.2 Å². The van der Waals surface area contributed by atoms with Crippen LogP contribution in [-0.4, -0.2) is 4.92 Å². The highest BCUT2D eigenvalue weighted by atomic mass is 16.6. The standard InChI is InChI=1S/C9H10N2O2.2C2H6/c10-8-3-7(6-1-2-6)4-9(5-8)11(12)13;2*1-2/h3-6H,1-2,10H2;2*1-2H3. The zero-order valence-electron chi connectivity index (χ0n) is 11.1. The molecule has 0 spiro atoms. The molecule has 0 heterocycles. The number of nitrogens with two attached hydrogens (primary N) is 1. The number of rotatable bonds is 2. The van der Waals surface area contributed by atoms with Crippen LogP contribution in [0.2, 0.25) is 0 Å². The summed E-state index contributed by atoms with van der Waals surface area (Å²) < 4.78 is 0. The SMILES string of the molecule is CC.CC.Nc1cc(C2CC2)cc([N+](=O)[O-])c1. The summed E-state index contributed by atoms with van der Waals surface area (Å²) in [5.41, 5.74) is 7.15. The van der Waals surface area contributed by atoms with E-state index in [1.54, 1.807) is 6.07 Å². The van der Waals surface area contributed by atoms with E-state index in [4.69, 9.17) is 5.73 Å². The first-order chi connectivity index (χ1) is 8.16. The van der Waals surface area contributed by atoms with Gasteiger partial charge in [0, 0.05) is 17.8 Å². The first kappa shape index (κ1) is 15.4. The first-order valence-corrected chi connectivity index (χ1v) is 6.21. The van der Waals surface area contributed by atoms with Gasteiger partial charge < -0.3 is 5.73 Å².